The largest absolute Gasteiger partial charge is 0.481 e. The van der Waals surface area contributed by atoms with E-state index in [1.807, 2.05) is 0 Å². The summed E-state index contributed by atoms with van der Waals surface area (Å²) in [5.74, 6) is -1.82. The third-order valence-electron chi connectivity index (χ3n) is 5.55. The van der Waals surface area contributed by atoms with Crippen LogP contribution < -0.4 is 10.9 Å². The number of carbonyl (C=O) groups excluding carboxylic acids is 1. The normalized spacial score (nSPS) is 13.1. The van der Waals surface area contributed by atoms with Gasteiger partial charge < -0.3 is 30.6 Å². The van der Waals surface area contributed by atoms with E-state index in [4.69, 9.17) is 5.11 Å². The van der Waals surface area contributed by atoms with Crippen LogP contribution in [-0.2, 0) is 4.79 Å². The average Bonchev–Trinajstić information content (AvgIpc) is 3.21. The summed E-state index contributed by atoms with van der Waals surface area (Å²) in [5, 5.41) is 31.0. The number of imidazole rings is 1. The summed E-state index contributed by atoms with van der Waals surface area (Å²) >= 11 is 0. The molecule has 182 valence electrons. The number of nitrogens with zero attached hydrogens (tertiary/aromatic N) is 1. The second-order valence-corrected chi connectivity index (χ2v) is 8.22. The summed E-state index contributed by atoms with van der Waals surface area (Å²) in [6.07, 6.45) is -2.56. The summed E-state index contributed by atoms with van der Waals surface area (Å²) in [6, 6.07) is 10.6. The number of H-pyrrole nitrogens is 2. The van der Waals surface area contributed by atoms with Crippen molar-refractivity contribution in [1.29, 1.82) is 0 Å². The van der Waals surface area contributed by atoms with Gasteiger partial charge in [-0.2, -0.15) is 0 Å². The molecule has 4 aromatic rings. The van der Waals surface area contributed by atoms with E-state index in [2.05, 4.69) is 20.3 Å². The highest BCUT2D eigenvalue weighted by molar-refractivity contribution is 5.97. The monoisotopic (exact) mass is 482 g/mol. The van der Waals surface area contributed by atoms with Crippen molar-refractivity contribution in [3.05, 3.63) is 64.2 Å². The molecule has 0 spiro atoms. The van der Waals surface area contributed by atoms with E-state index in [1.165, 1.54) is 18.2 Å². The van der Waals surface area contributed by atoms with Gasteiger partial charge in [0, 0.05) is 17.5 Å². The fourth-order valence-electron chi connectivity index (χ4n) is 3.82. The molecule has 11 heteroatoms. The maximum absolute atomic E-state index is 14.2. The first-order valence-electron chi connectivity index (χ1n) is 10.9. The molecule has 2 heterocycles. The van der Waals surface area contributed by atoms with Gasteiger partial charge in [0.1, 0.15) is 11.6 Å². The van der Waals surface area contributed by atoms with Crippen molar-refractivity contribution in [2.45, 2.75) is 31.5 Å². The standard InChI is InChI=1S/C24H23FN4O6/c25-17-2-1-3-18-15(17)11-16(24(35)29-18)22-27-19-5-4-12(8-20(19)28-22)23(34)26-7-6-13(30)9-14(31)10-21(32)33/h1-5,8,11,13-14,30-31H,6-7,9-10H2,(H,26,34)(H,27,28)(H,29,35)(H,32,33). The molecule has 2 atom stereocenters. The highest BCUT2D eigenvalue weighted by Gasteiger charge is 2.16. The van der Waals surface area contributed by atoms with Crippen molar-refractivity contribution in [2.24, 2.45) is 0 Å². The zero-order chi connectivity index (χ0) is 25.1. The van der Waals surface area contributed by atoms with Gasteiger partial charge in [0.05, 0.1) is 40.7 Å². The Morgan fingerprint density at radius 2 is 1.86 bits per heavy atom. The van der Waals surface area contributed by atoms with E-state index in [9.17, 15) is 29.0 Å². The molecule has 2 aromatic heterocycles. The Morgan fingerprint density at radius 3 is 2.63 bits per heavy atom. The quantitative estimate of drug-likeness (QED) is 0.212. The van der Waals surface area contributed by atoms with Gasteiger partial charge in [0.2, 0.25) is 0 Å². The van der Waals surface area contributed by atoms with E-state index in [-0.39, 0.29) is 36.2 Å². The summed E-state index contributed by atoms with van der Waals surface area (Å²) in [5.41, 5.74) is 1.41. The molecule has 6 N–H and O–H groups in total. The molecule has 35 heavy (non-hydrogen) atoms. The van der Waals surface area contributed by atoms with Crippen molar-refractivity contribution in [2.75, 3.05) is 6.54 Å². The van der Waals surface area contributed by atoms with E-state index >= 15 is 0 Å². The minimum Gasteiger partial charge on any atom is -0.481 e. The predicted molar refractivity (Wildman–Crippen MR) is 125 cm³/mol. The van der Waals surface area contributed by atoms with Crippen molar-refractivity contribution in [3.63, 3.8) is 0 Å². The van der Waals surface area contributed by atoms with E-state index in [0.717, 1.165) is 0 Å². The van der Waals surface area contributed by atoms with Crippen LogP contribution in [0, 0.1) is 5.82 Å². The van der Waals surface area contributed by atoms with Crippen LogP contribution in [0.2, 0.25) is 0 Å². The van der Waals surface area contributed by atoms with Crippen molar-refractivity contribution in [1.82, 2.24) is 20.3 Å². The van der Waals surface area contributed by atoms with Gasteiger partial charge in [-0.15, -0.1) is 0 Å². The second-order valence-electron chi connectivity index (χ2n) is 8.22. The van der Waals surface area contributed by atoms with Crippen LogP contribution in [0.3, 0.4) is 0 Å². The number of aliphatic carboxylic acids is 1. The number of hydrogen-bond acceptors (Lipinski definition) is 6. The first-order valence-corrected chi connectivity index (χ1v) is 10.9. The molecule has 0 aliphatic heterocycles. The van der Waals surface area contributed by atoms with E-state index < -0.39 is 41.9 Å². The Bertz CT molecular complexity index is 1460. The Morgan fingerprint density at radius 1 is 1.06 bits per heavy atom. The number of aliphatic hydroxyl groups is 2. The third-order valence-corrected chi connectivity index (χ3v) is 5.55. The molecule has 1 amide bonds. The first-order chi connectivity index (χ1) is 16.7. The van der Waals surface area contributed by atoms with Gasteiger partial charge in [-0.25, -0.2) is 9.37 Å². The molecule has 0 saturated heterocycles. The SMILES string of the molecule is O=C(O)CC(O)CC(O)CCNC(=O)c1ccc2nc(-c3cc4c(F)cccc4[nH]c3=O)[nH]c2c1. The number of carboxylic acid groups (broad SMARTS) is 1. The number of amides is 1. The number of fused-ring (bicyclic) bond motifs is 2. The Labute approximate surface area is 197 Å². The molecule has 0 aliphatic rings. The van der Waals surface area contributed by atoms with Crippen LogP contribution in [0.25, 0.3) is 33.3 Å². The summed E-state index contributed by atoms with van der Waals surface area (Å²) < 4.78 is 14.2. The van der Waals surface area contributed by atoms with Crippen molar-refractivity contribution in [3.8, 4) is 11.4 Å². The number of nitrogens with one attached hydrogen (secondary N) is 3. The van der Waals surface area contributed by atoms with Crippen LogP contribution in [0.1, 0.15) is 29.6 Å². The molecule has 0 saturated carbocycles. The van der Waals surface area contributed by atoms with Crippen molar-refractivity contribution >= 4 is 33.8 Å². The third kappa shape index (κ3) is 5.53. The number of hydrogen-bond donors (Lipinski definition) is 6. The van der Waals surface area contributed by atoms with E-state index in [0.29, 0.717) is 22.1 Å². The molecule has 2 aromatic carbocycles. The minimum atomic E-state index is -1.17. The molecule has 4 rings (SSSR count). The topological polar surface area (TPSA) is 168 Å². The molecular weight excluding hydrogens is 459 g/mol. The van der Waals surface area contributed by atoms with E-state index in [1.54, 1.807) is 24.3 Å². The molecule has 0 radical (unpaired) electrons. The molecular formula is C24H23FN4O6. The van der Waals surface area contributed by atoms with Gasteiger partial charge in [0.15, 0.2) is 0 Å². The number of rotatable bonds is 9. The lowest BCUT2D eigenvalue weighted by Crippen LogP contribution is -2.29. The fourth-order valence-corrected chi connectivity index (χ4v) is 3.82. The Balaban J connectivity index is 1.45. The summed E-state index contributed by atoms with van der Waals surface area (Å²) in [4.78, 5) is 45.6. The minimum absolute atomic E-state index is 0.108. The number of benzene rings is 2. The second kappa shape index (κ2) is 10.0. The average molecular weight is 482 g/mol. The van der Waals surface area contributed by atoms with Crippen LogP contribution in [0.5, 0.6) is 0 Å². The van der Waals surface area contributed by atoms with Gasteiger partial charge in [-0.3, -0.25) is 14.4 Å². The van der Waals surface area contributed by atoms with Crippen LogP contribution in [0.4, 0.5) is 4.39 Å². The molecule has 0 bridgehead atoms. The van der Waals surface area contributed by atoms with Gasteiger partial charge in [-0.1, -0.05) is 6.07 Å². The molecule has 10 nitrogen and oxygen atoms in total. The number of aromatic amines is 2. The Hall–Kier alpha value is -4.09. The number of carboxylic acids is 1. The smallest absolute Gasteiger partial charge is 0.305 e. The van der Waals surface area contributed by atoms with Gasteiger partial charge >= 0.3 is 5.97 Å². The summed E-state index contributed by atoms with van der Waals surface area (Å²) in [6.45, 7) is 0.115. The number of aliphatic hydroxyl groups excluding tert-OH is 2. The first kappa shape index (κ1) is 24.0. The highest BCUT2D eigenvalue weighted by Crippen LogP contribution is 2.23. The molecule has 2 unspecified atom stereocenters. The van der Waals surface area contributed by atoms with Crippen LogP contribution in [0.15, 0.2) is 47.3 Å². The van der Waals surface area contributed by atoms with Gasteiger partial charge in [-0.05, 0) is 49.2 Å². The molecule has 0 fully saturated rings. The van der Waals surface area contributed by atoms with Gasteiger partial charge in [0.25, 0.3) is 11.5 Å². The maximum atomic E-state index is 14.2. The number of carbonyl (C=O) groups is 2. The number of halogens is 1. The van der Waals surface area contributed by atoms with Crippen LogP contribution in [-0.4, -0.2) is 60.9 Å². The predicted octanol–water partition coefficient (Wildman–Crippen LogP) is 1.92. The summed E-state index contributed by atoms with van der Waals surface area (Å²) in [7, 11) is 0. The zero-order valence-electron chi connectivity index (χ0n) is 18.4. The van der Waals surface area contributed by atoms with Crippen molar-refractivity contribution < 1.29 is 29.3 Å². The number of pyridine rings is 1. The maximum Gasteiger partial charge on any atom is 0.305 e. The Kier molecular flexibility index (Phi) is 6.90. The number of aromatic nitrogens is 3. The molecule has 0 aliphatic carbocycles. The van der Waals surface area contributed by atoms with Crippen LogP contribution >= 0.6 is 0 Å². The highest BCUT2D eigenvalue weighted by atomic mass is 19.1. The zero-order valence-corrected chi connectivity index (χ0v) is 18.4. The lowest BCUT2D eigenvalue weighted by atomic mass is 10.1. The fraction of sp³-hybridized carbons (Fsp3) is 0.250. The lowest BCUT2D eigenvalue weighted by molar-refractivity contribution is -0.139. The lowest BCUT2D eigenvalue weighted by Gasteiger charge is -2.14.